The summed E-state index contributed by atoms with van der Waals surface area (Å²) in [6, 6.07) is -0.0212. The van der Waals surface area contributed by atoms with E-state index in [9.17, 15) is 4.79 Å². The van der Waals surface area contributed by atoms with Crippen LogP contribution in [0.1, 0.15) is 25.7 Å². The molecule has 2 aliphatic heterocycles. The summed E-state index contributed by atoms with van der Waals surface area (Å²) in [6.07, 6.45) is 6.07. The van der Waals surface area contributed by atoms with Gasteiger partial charge in [0, 0.05) is 19.6 Å². The van der Waals surface area contributed by atoms with Crippen LogP contribution >= 0.6 is 0 Å². The third-order valence-corrected chi connectivity index (χ3v) is 4.38. The smallest absolute Gasteiger partial charge is 0.237 e. The first-order chi connectivity index (χ1) is 10.3. The number of nitrogens with one attached hydrogen (secondary N) is 2. The van der Waals surface area contributed by atoms with Crippen LogP contribution in [0, 0.1) is 5.92 Å². The van der Waals surface area contributed by atoms with E-state index in [4.69, 9.17) is 4.74 Å². The van der Waals surface area contributed by atoms with E-state index in [1.54, 1.807) is 0 Å². The van der Waals surface area contributed by atoms with Gasteiger partial charge in [0.2, 0.25) is 5.91 Å². The molecule has 1 amide bonds. The zero-order valence-corrected chi connectivity index (χ0v) is 13.0. The Morgan fingerprint density at radius 1 is 1.43 bits per heavy atom. The molecule has 5 heteroatoms. The molecule has 5 nitrogen and oxygen atoms in total. The van der Waals surface area contributed by atoms with Crippen molar-refractivity contribution in [3.05, 3.63) is 12.7 Å². The van der Waals surface area contributed by atoms with E-state index in [0.29, 0.717) is 5.92 Å². The number of morpholine rings is 1. The quantitative estimate of drug-likeness (QED) is 0.538. The van der Waals surface area contributed by atoms with E-state index in [-0.39, 0.29) is 11.9 Å². The van der Waals surface area contributed by atoms with Crippen molar-refractivity contribution in [2.24, 2.45) is 5.92 Å². The van der Waals surface area contributed by atoms with Gasteiger partial charge in [-0.1, -0.05) is 6.08 Å². The normalized spacial score (nSPS) is 27.2. The van der Waals surface area contributed by atoms with Gasteiger partial charge >= 0.3 is 0 Å². The lowest BCUT2D eigenvalue weighted by Crippen LogP contribution is -2.49. The molecule has 0 spiro atoms. The minimum atomic E-state index is -0.0212. The number of hydrogen-bond donors (Lipinski definition) is 2. The first-order valence-corrected chi connectivity index (χ1v) is 8.21. The maximum Gasteiger partial charge on any atom is 0.237 e. The topological polar surface area (TPSA) is 53.6 Å². The highest BCUT2D eigenvalue weighted by molar-refractivity contribution is 5.81. The van der Waals surface area contributed by atoms with Gasteiger partial charge in [0.15, 0.2) is 0 Å². The molecule has 2 saturated heterocycles. The Bertz CT molecular complexity index is 329. The molecule has 0 aromatic heterocycles. The number of ether oxygens (including phenoxy) is 1. The Hall–Kier alpha value is -0.910. The molecule has 2 fully saturated rings. The molecule has 120 valence electrons. The number of amides is 1. The van der Waals surface area contributed by atoms with Gasteiger partial charge in [-0.3, -0.25) is 9.69 Å². The summed E-state index contributed by atoms with van der Waals surface area (Å²) >= 11 is 0. The number of allylic oxidation sites excluding steroid dienone is 1. The molecular weight excluding hydrogens is 266 g/mol. The van der Waals surface area contributed by atoms with Gasteiger partial charge in [-0.05, 0) is 44.7 Å². The first kappa shape index (κ1) is 16.5. The monoisotopic (exact) mass is 295 g/mol. The van der Waals surface area contributed by atoms with Crippen molar-refractivity contribution in [2.75, 3.05) is 45.9 Å². The van der Waals surface area contributed by atoms with Crippen molar-refractivity contribution in [1.29, 1.82) is 0 Å². The highest BCUT2D eigenvalue weighted by Crippen LogP contribution is 2.20. The number of rotatable bonds is 7. The zero-order valence-electron chi connectivity index (χ0n) is 13.0. The predicted molar refractivity (Wildman–Crippen MR) is 84.2 cm³/mol. The summed E-state index contributed by atoms with van der Waals surface area (Å²) in [5.41, 5.74) is 0. The SMILES string of the molecule is C=CCC1CCNC(C(=O)NCCCN2CCOCC2)C1. The molecule has 0 aromatic rings. The van der Waals surface area contributed by atoms with E-state index in [2.05, 4.69) is 22.1 Å². The van der Waals surface area contributed by atoms with E-state index in [1.807, 2.05) is 6.08 Å². The molecular formula is C16H29N3O2. The van der Waals surface area contributed by atoms with Crippen LogP contribution in [0.2, 0.25) is 0 Å². The van der Waals surface area contributed by atoms with Crippen LogP contribution in [0.4, 0.5) is 0 Å². The van der Waals surface area contributed by atoms with Crippen LogP contribution in [0.15, 0.2) is 12.7 Å². The second kappa shape index (κ2) is 9.18. The number of carbonyl (C=O) groups excluding carboxylic acids is 1. The first-order valence-electron chi connectivity index (χ1n) is 8.21. The fourth-order valence-electron chi connectivity index (χ4n) is 3.11. The fourth-order valence-corrected chi connectivity index (χ4v) is 3.11. The van der Waals surface area contributed by atoms with E-state index in [0.717, 1.165) is 71.6 Å². The summed E-state index contributed by atoms with van der Waals surface area (Å²) in [6.45, 7) is 10.2. The molecule has 0 aliphatic carbocycles. The van der Waals surface area contributed by atoms with Crippen LogP contribution < -0.4 is 10.6 Å². The molecule has 0 aromatic carbocycles. The van der Waals surface area contributed by atoms with Crippen LogP contribution in [0.3, 0.4) is 0 Å². The Kier molecular flexibility index (Phi) is 7.19. The summed E-state index contributed by atoms with van der Waals surface area (Å²) < 4.78 is 5.33. The van der Waals surface area contributed by atoms with Crippen molar-refractivity contribution >= 4 is 5.91 Å². The van der Waals surface area contributed by atoms with Gasteiger partial charge in [-0.25, -0.2) is 0 Å². The summed E-state index contributed by atoms with van der Waals surface area (Å²) in [4.78, 5) is 14.6. The lowest BCUT2D eigenvalue weighted by atomic mass is 9.89. The molecule has 2 atom stereocenters. The molecule has 2 unspecified atom stereocenters. The molecule has 2 aliphatic rings. The molecule has 2 rings (SSSR count). The number of hydrogen-bond acceptors (Lipinski definition) is 4. The Balaban J connectivity index is 1.59. The fraction of sp³-hybridized carbons (Fsp3) is 0.812. The minimum absolute atomic E-state index is 0.0212. The number of piperidine rings is 1. The highest BCUT2D eigenvalue weighted by Gasteiger charge is 2.25. The van der Waals surface area contributed by atoms with Gasteiger partial charge in [0.25, 0.3) is 0 Å². The summed E-state index contributed by atoms with van der Waals surface area (Å²) in [5, 5.41) is 6.39. The predicted octanol–water partition coefficient (Wildman–Crippen LogP) is 0.769. The number of carbonyl (C=O) groups is 1. The maximum atomic E-state index is 12.2. The Morgan fingerprint density at radius 2 is 2.24 bits per heavy atom. The van der Waals surface area contributed by atoms with Crippen LogP contribution in [0.25, 0.3) is 0 Å². The molecule has 0 radical (unpaired) electrons. The average molecular weight is 295 g/mol. The van der Waals surface area contributed by atoms with E-state index < -0.39 is 0 Å². The third kappa shape index (κ3) is 5.77. The van der Waals surface area contributed by atoms with Gasteiger partial charge in [-0.15, -0.1) is 6.58 Å². The van der Waals surface area contributed by atoms with Crippen molar-refractivity contribution in [2.45, 2.75) is 31.7 Å². The lowest BCUT2D eigenvalue weighted by Gasteiger charge is -2.29. The van der Waals surface area contributed by atoms with E-state index in [1.165, 1.54) is 0 Å². The highest BCUT2D eigenvalue weighted by atomic mass is 16.5. The zero-order chi connectivity index (χ0) is 14.9. The van der Waals surface area contributed by atoms with Crippen molar-refractivity contribution in [3.8, 4) is 0 Å². The summed E-state index contributed by atoms with van der Waals surface area (Å²) in [7, 11) is 0. The summed E-state index contributed by atoms with van der Waals surface area (Å²) in [5.74, 6) is 0.763. The largest absolute Gasteiger partial charge is 0.379 e. The maximum absolute atomic E-state index is 12.2. The molecule has 0 saturated carbocycles. The molecule has 21 heavy (non-hydrogen) atoms. The van der Waals surface area contributed by atoms with Crippen molar-refractivity contribution in [3.63, 3.8) is 0 Å². The molecule has 2 heterocycles. The minimum Gasteiger partial charge on any atom is -0.379 e. The van der Waals surface area contributed by atoms with E-state index >= 15 is 0 Å². The Morgan fingerprint density at radius 3 is 3.00 bits per heavy atom. The Labute approximate surface area is 128 Å². The second-order valence-corrected chi connectivity index (χ2v) is 6.02. The van der Waals surface area contributed by atoms with Gasteiger partial charge in [0.1, 0.15) is 0 Å². The third-order valence-electron chi connectivity index (χ3n) is 4.38. The van der Waals surface area contributed by atoms with Crippen LogP contribution in [-0.2, 0) is 9.53 Å². The lowest BCUT2D eigenvalue weighted by molar-refractivity contribution is -0.124. The van der Waals surface area contributed by atoms with Crippen molar-refractivity contribution in [1.82, 2.24) is 15.5 Å². The van der Waals surface area contributed by atoms with Crippen molar-refractivity contribution < 1.29 is 9.53 Å². The van der Waals surface area contributed by atoms with Gasteiger partial charge in [0.05, 0.1) is 19.3 Å². The van der Waals surface area contributed by atoms with Gasteiger partial charge in [-0.2, -0.15) is 0 Å². The standard InChI is InChI=1S/C16H29N3O2/c1-2-4-14-5-7-17-15(13-14)16(20)18-6-3-8-19-9-11-21-12-10-19/h2,14-15,17H,1,3-13H2,(H,18,20). The average Bonchev–Trinajstić information content (AvgIpc) is 2.53. The van der Waals surface area contributed by atoms with Gasteiger partial charge < -0.3 is 15.4 Å². The molecule has 0 bridgehead atoms. The van der Waals surface area contributed by atoms with Crippen LogP contribution in [-0.4, -0.2) is 62.8 Å². The molecule has 2 N–H and O–H groups in total. The second-order valence-electron chi connectivity index (χ2n) is 6.02. The van der Waals surface area contributed by atoms with Crippen LogP contribution in [0.5, 0.6) is 0 Å². The number of nitrogens with zero attached hydrogens (tertiary/aromatic N) is 1.